The van der Waals surface area contributed by atoms with Crippen LogP contribution in [0.5, 0.6) is 0 Å². The van der Waals surface area contributed by atoms with E-state index < -0.39 is 0 Å². The molecular formula is C12H25N3O2. The molecule has 1 amide bonds. The van der Waals surface area contributed by atoms with Gasteiger partial charge in [-0.3, -0.25) is 15.1 Å². The Morgan fingerprint density at radius 2 is 2.18 bits per heavy atom. The van der Waals surface area contributed by atoms with Crippen molar-refractivity contribution in [3.8, 4) is 0 Å². The van der Waals surface area contributed by atoms with E-state index in [4.69, 9.17) is 10.6 Å². The van der Waals surface area contributed by atoms with Gasteiger partial charge in [0.2, 0.25) is 0 Å². The van der Waals surface area contributed by atoms with E-state index in [0.717, 1.165) is 19.1 Å². The van der Waals surface area contributed by atoms with E-state index in [1.165, 1.54) is 12.8 Å². The van der Waals surface area contributed by atoms with Gasteiger partial charge in [0.05, 0.1) is 12.6 Å². The second-order valence-electron chi connectivity index (χ2n) is 5.20. The molecule has 0 radical (unpaired) electrons. The van der Waals surface area contributed by atoms with Crippen molar-refractivity contribution >= 4 is 5.91 Å². The molecule has 1 aliphatic rings. The summed E-state index contributed by atoms with van der Waals surface area (Å²) in [7, 11) is 1.93. The predicted octanol–water partition coefficient (Wildman–Crippen LogP) is 0.359. The maximum Gasteiger partial charge on any atom is 0.251 e. The fourth-order valence-corrected chi connectivity index (χ4v) is 1.98. The number of hydrazine groups is 1. The first-order valence-corrected chi connectivity index (χ1v) is 6.34. The summed E-state index contributed by atoms with van der Waals surface area (Å²) in [6.07, 6.45) is 2.61. The Labute approximate surface area is 104 Å². The van der Waals surface area contributed by atoms with Gasteiger partial charge < -0.3 is 4.74 Å². The summed E-state index contributed by atoms with van der Waals surface area (Å²) >= 11 is 0. The summed E-state index contributed by atoms with van der Waals surface area (Å²) < 4.78 is 5.57. The van der Waals surface area contributed by atoms with Crippen LogP contribution >= 0.6 is 0 Å². The first kappa shape index (κ1) is 14.4. The van der Waals surface area contributed by atoms with E-state index in [2.05, 4.69) is 5.43 Å². The highest BCUT2D eigenvalue weighted by Crippen LogP contribution is 2.28. The molecule has 0 spiro atoms. The zero-order chi connectivity index (χ0) is 12.8. The van der Waals surface area contributed by atoms with Crippen LogP contribution in [0.2, 0.25) is 0 Å². The number of hydrogen-bond donors (Lipinski definition) is 2. The molecule has 0 aromatic carbocycles. The summed E-state index contributed by atoms with van der Waals surface area (Å²) in [6, 6.07) is -0.190. The molecule has 17 heavy (non-hydrogen) atoms. The third-order valence-electron chi connectivity index (χ3n) is 3.16. The molecule has 5 nitrogen and oxygen atoms in total. The van der Waals surface area contributed by atoms with Gasteiger partial charge in [-0.15, -0.1) is 0 Å². The number of nitrogens with one attached hydrogen (secondary N) is 1. The van der Waals surface area contributed by atoms with Crippen molar-refractivity contribution in [2.75, 3.05) is 26.8 Å². The molecule has 0 saturated heterocycles. The number of ether oxygens (including phenoxy) is 1. The van der Waals surface area contributed by atoms with Gasteiger partial charge in [-0.1, -0.05) is 13.8 Å². The number of amides is 1. The Bertz CT molecular complexity index is 242. The van der Waals surface area contributed by atoms with Gasteiger partial charge in [-0.25, -0.2) is 5.84 Å². The second-order valence-corrected chi connectivity index (χ2v) is 5.20. The first-order valence-electron chi connectivity index (χ1n) is 6.34. The van der Waals surface area contributed by atoms with Gasteiger partial charge in [-0.2, -0.15) is 0 Å². The lowest BCUT2D eigenvalue weighted by atomic mass is 10.0. The fourth-order valence-electron chi connectivity index (χ4n) is 1.98. The molecule has 1 unspecified atom stereocenters. The Morgan fingerprint density at radius 3 is 2.65 bits per heavy atom. The number of likely N-dealkylation sites (N-methyl/N-ethyl adjacent to an activating group) is 1. The molecule has 1 rings (SSSR count). The van der Waals surface area contributed by atoms with Crippen molar-refractivity contribution in [1.82, 2.24) is 10.3 Å². The lowest BCUT2D eigenvalue weighted by Crippen LogP contribution is -2.51. The minimum atomic E-state index is -0.190. The topological polar surface area (TPSA) is 67.6 Å². The molecule has 5 heteroatoms. The standard InChI is InChI=1S/C12H25N3O2/c1-9(2)11(12(16)14-13)15(3)6-7-17-8-10-4-5-10/h9-11H,4-8,13H2,1-3H3,(H,14,16). The summed E-state index contributed by atoms with van der Waals surface area (Å²) in [5.41, 5.74) is 2.22. The van der Waals surface area contributed by atoms with Crippen LogP contribution in [0.4, 0.5) is 0 Å². The predicted molar refractivity (Wildman–Crippen MR) is 67.1 cm³/mol. The van der Waals surface area contributed by atoms with Crippen LogP contribution in [0.25, 0.3) is 0 Å². The summed E-state index contributed by atoms with van der Waals surface area (Å²) in [6.45, 7) is 6.32. The third kappa shape index (κ3) is 5.02. The molecule has 0 heterocycles. The highest BCUT2D eigenvalue weighted by atomic mass is 16.5. The van der Waals surface area contributed by atoms with Crippen LogP contribution in [0.15, 0.2) is 0 Å². The van der Waals surface area contributed by atoms with E-state index in [1.807, 2.05) is 25.8 Å². The molecule has 0 aliphatic heterocycles. The lowest BCUT2D eigenvalue weighted by molar-refractivity contribution is -0.127. The van der Waals surface area contributed by atoms with Crippen molar-refractivity contribution in [2.24, 2.45) is 17.7 Å². The van der Waals surface area contributed by atoms with Crippen molar-refractivity contribution in [3.05, 3.63) is 0 Å². The highest BCUT2D eigenvalue weighted by molar-refractivity contribution is 5.81. The molecule has 100 valence electrons. The Kier molecular flexibility index (Phi) is 5.88. The SMILES string of the molecule is CC(C)C(C(=O)NN)N(C)CCOCC1CC1. The number of nitrogens with zero attached hydrogens (tertiary/aromatic N) is 1. The van der Waals surface area contributed by atoms with Crippen LogP contribution in [0.1, 0.15) is 26.7 Å². The quantitative estimate of drug-likeness (QED) is 0.279. The summed E-state index contributed by atoms with van der Waals surface area (Å²) in [5, 5.41) is 0. The Balaban J connectivity index is 2.25. The number of nitrogens with two attached hydrogens (primary N) is 1. The van der Waals surface area contributed by atoms with Crippen molar-refractivity contribution in [1.29, 1.82) is 0 Å². The zero-order valence-electron chi connectivity index (χ0n) is 11.1. The molecule has 0 bridgehead atoms. The van der Waals surface area contributed by atoms with E-state index in [0.29, 0.717) is 6.61 Å². The van der Waals surface area contributed by atoms with Crippen molar-refractivity contribution in [2.45, 2.75) is 32.7 Å². The Hall–Kier alpha value is -0.650. The second kappa shape index (κ2) is 6.93. The van der Waals surface area contributed by atoms with Gasteiger partial charge in [-0.05, 0) is 31.7 Å². The molecule has 3 N–H and O–H groups in total. The van der Waals surface area contributed by atoms with Crippen LogP contribution in [0, 0.1) is 11.8 Å². The van der Waals surface area contributed by atoms with Gasteiger partial charge in [0.1, 0.15) is 0 Å². The molecule has 1 saturated carbocycles. The average molecular weight is 243 g/mol. The largest absolute Gasteiger partial charge is 0.380 e. The number of carbonyl (C=O) groups excluding carboxylic acids is 1. The zero-order valence-corrected chi connectivity index (χ0v) is 11.1. The van der Waals surface area contributed by atoms with E-state index in [-0.39, 0.29) is 17.9 Å². The summed E-state index contributed by atoms with van der Waals surface area (Å²) in [4.78, 5) is 13.6. The fraction of sp³-hybridized carbons (Fsp3) is 0.917. The number of carbonyl (C=O) groups is 1. The lowest BCUT2D eigenvalue weighted by Gasteiger charge is -2.29. The molecule has 1 fully saturated rings. The first-order chi connectivity index (χ1) is 8.06. The van der Waals surface area contributed by atoms with Crippen molar-refractivity contribution in [3.63, 3.8) is 0 Å². The van der Waals surface area contributed by atoms with Crippen LogP contribution in [-0.4, -0.2) is 43.7 Å². The molecule has 0 aromatic heterocycles. The third-order valence-corrected chi connectivity index (χ3v) is 3.16. The highest BCUT2D eigenvalue weighted by Gasteiger charge is 2.26. The average Bonchev–Trinajstić information content (AvgIpc) is 3.07. The van der Waals surface area contributed by atoms with Gasteiger partial charge in [0.25, 0.3) is 5.91 Å². The van der Waals surface area contributed by atoms with E-state index in [1.54, 1.807) is 0 Å². The van der Waals surface area contributed by atoms with Gasteiger partial charge >= 0.3 is 0 Å². The van der Waals surface area contributed by atoms with E-state index >= 15 is 0 Å². The molecule has 0 aromatic rings. The maximum absolute atomic E-state index is 11.6. The molecule has 1 atom stereocenters. The van der Waals surface area contributed by atoms with Crippen LogP contribution < -0.4 is 11.3 Å². The monoisotopic (exact) mass is 243 g/mol. The maximum atomic E-state index is 11.6. The van der Waals surface area contributed by atoms with Gasteiger partial charge in [0, 0.05) is 13.2 Å². The van der Waals surface area contributed by atoms with Gasteiger partial charge in [0.15, 0.2) is 0 Å². The Morgan fingerprint density at radius 1 is 1.53 bits per heavy atom. The smallest absolute Gasteiger partial charge is 0.251 e. The number of hydrogen-bond acceptors (Lipinski definition) is 4. The van der Waals surface area contributed by atoms with E-state index in [9.17, 15) is 4.79 Å². The summed E-state index contributed by atoms with van der Waals surface area (Å²) in [5.74, 6) is 6.07. The van der Waals surface area contributed by atoms with Crippen molar-refractivity contribution < 1.29 is 9.53 Å². The molecular weight excluding hydrogens is 218 g/mol. The molecule has 1 aliphatic carbocycles. The van der Waals surface area contributed by atoms with Crippen LogP contribution in [-0.2, 0) is 9.53 Å². The minimum absolute atomic E-state index is 0.135. The minimum Gasteiger partial charge on any atom is -0.380 e. The number of rotatable bonds is 8. The normalized spacial score (nSPS) is 17.5. The van der Waals surface area contributed by atoms with Crippen LogP contribution in [0.3, 0.4) is 0 Å².